The number of nitrogens with one attached hydrogen (secondary N) is 1. The summed E-state index contributed by atoms with van der Waals surface area (Å²) in [6, 6.07) is 2.94. The molecule has 0 spiro atoms. The minimum absolute atomic E-state index is 0.123. The molecular weight excluding hydrogens is 237 g/mol. The zero-order valence-corrected chi connectivity index (χ0v) is 8.32. The van der Waals surface area contributed by atoms with E-state index in [9.17, 15) is 9.18 Å². The van der Waals surface area contributed by atoms with Gasteiger partial charge in [0.05, 0.1) is 4.47 Å². The van der Waals surface area contributed by atoms with Crippen molar-refractivity contribution in [2.24, 2.45) is 0 Å². The summed E-state index contributed by atoms with van der Waals surface area (Å²) in [4.78, 5) is 11.3. The molecule has 0 atom stereocenters. The van der Waals surface area contributed by atoms with E-state index in [1.54, 1.807) is 0 Å². The Labute approximate surface area is 83.3 Å². The van der Waals surface area contributed by atoms with Crippen molar-refractivity contribution >= 4 is 21.8 Å². The molecule has 1 aliphatic rings. The molecule has 1 aliphatic heterocycles. The number of hydrogen-bond acceptors (Lipinski definition) is 1. The highest BCUT2D eigenvalue weighted by Gasteiger charge is 2.18. The zero-order valence-electron chi connectivity index (χ0n) is 6.73. The van der Waals surface area contributed by atoms with E-state index in [1.165, 1.54) is 12.1 Å². The van der Waals surface area contributed by atoms with Gasteiger partial charge >= 0.3 is 0 Å². The molecular formula is C9H7BrFNO. The average molecular weight is 244 g/mol. The molecule has 0 aromatic heterocycles. The minimum Gasteiger partial charge on any atom is -0.352 e. The van der Waals surface area contributed by atoms with Crippen LogP contribution in [0.25, 0.3) is 0 Å². The Kier molecular flexibility index (Phi) is 2.07. The van der Waals surface area contributed by atoms with Crippen LogP contribution in [0.15, 0.2) is 16.6 Å². The van der Waals surface area contributed by atoms with Crippen molar-refractivity contribution in [1.82, 2.24) is 5.32 Å². The van der Waals surface area contributed by atoms with Gasteiger partial charge in [-0.15, -0.1) is 0 Å². The van der Waals surface area contributed by atoms with Crippen LogP contribution in [0, 0.1) is 5.82 Å². The van der Waals surface area contributed by atoms with Crippen LogP contribution in [0.1, 0.15) is 15.9 Å². The Morgan fingerprint density at radius 1 is 1.46 bits per heavy atom. The molecule has 1 aromatic rings. The van der Waals surface area contributed by atoms with Crippen molar-refractivity contribution in [2.45, 2.75) is 6.42 Å². The highest BCUT2D eigenvalue weighted by molar-refractivity contribution is 9.10. The van der Waals surface area contributed by atoms with Crippen molar-refractivity contribution in [1.29, 1.82) is 0 Å². The predicted molar refractivity (Wildman–Crippen MR) is 50.1 cm³/mol. The van der Waals surface area contributed by atoms with Gasteiger partial charge in [-0.1, -0.05) is 0 Å². The molecule has 4 heteroatoms. The van der Waals surface area contributed by atoms with Gasteiger partial charge in [0.15, 0.2) is 0 Å². The summed E-state index contributed by atoms with van der Waals surface area (Å²) in [5.74, 6) is -0.435. The Balaban J connectivity index is 2.58. The SMILES string of the molecule is O=C1NCCc2cc(F)c(Br)cc21. The van der Waals surface area contributed by atoms with Crippen LogP contribution in [0.3, 0.4) is 0 Å². The van der Waals surface area contributed by atoms with Gasteiger partial charge in [-0.25, -0.2) is 4.39 Å². The van der Waals surface area contributed by atoms with E-state index in [4.69, 9.17) is 0 Å². The van der Waals surface area contributed by atoms with E-state index >= 15 is 0 Å². The molecule has 0 bridgehead atoms. The first kappa shape index (κ1) is 8.69. The summed E-state index contributed by atoms with van der Waals surface area (Å²) in [6.45, 7) is 0.590. The quantitative estimate of drug-likeness (QED) is 0.741. The number of carbonyl (C=O) groups is 1. The van der Waals surface area contributed by atoms with Crippen molar-refractivity contribution in [3.63, 3.8) is 0 Å². The number of fused-ring (bicyclic) bond motifs is 1. The molecule has 0 unspecified atom stereocenters. The van der Waals surface area contributed by atoms with Crippen molar-refractivity contribution in [2.75, 3.05) is 6.54 Å². The number of rotatable bonds is 0. The minimum atomic E-state index is -0.312. The third kappa shape index (κ3) is 1.46. The maximum absolute atomic E-state index is 13.1. The summed E-state index contributed by atoms with van der Waals surface area (Å²) in [5, 5.41) is 2.70. The maximum Gasteiger partial charge on any atom is 0.251 e. The largest absolute Gasteiger partial charge is 0.352 e. The normalized spacial score (nSPS) is 15.1. The van der Waals surface area contributed by atoms with Crippen LogP contribution < -0.4 is 5.32 Å². The lowest BCUT2D eigenvalue weighted by Gasteiger charge is -2.16. The fourth-order valence-corrected chi connectivity index (χ4v) is 1.76. The van der Waals surface area contributed by atoms with E-state index in [1.807, 2.05) is 0 Å². The highest BCUT2D eigenvalue weighted by Crippen LogP contribution is 2.22. The van der Waals surface area contributed by atoms with Gasteiger partial charge < -0.3 is 5.32 Å². The Bertz CT molecular complexity index is 378. The summed E-state index contributed by atoms with van der Waals surface area (Å²) in [7, 11) is 0. The fourth-order valence-electron chi connectivity index (χ4n) is 1.41. The van der Waals surface area contributed by atoms with Crippen LogP contribution in [-0.2, 0) is 6.42 Å². The first-order valence-electron chi connectivity index (χ1n) is 3.94. The molecule has 0 saturated carbocycles. The van der Waals surface area contributed by atoms with E-state index in [0.29, 0.717) is 23.0 Å². The number of halogens is 2. The molecule has 1 N–H and O–H groups in total. The van der Waals surface area contributed by atoms with Gasteiger partial charge in [-0.05, 0) is 40.0 Å². The highest BCUT2D eigenvalue weighted by atomic mass is 79.9. The van der Waals surface area contributed by atoms with Gasteiger partial charge in [0.25, 0.3) is 5.91 Å². The lowest BCUT2D eigenvalue weighted by molar-refractivity contribution is 0.0946. The predicted octanol–water partition coefficient (Wildman–Crippen LogP) is 1.87. The number of carbonyl (C=O) groups excluding carboxylic acids is 1. The molecule has 2 nitrogen and oxygen atoms in total. The Hall–Kier alpha value is -0.900. The van der Waals surface area contributed by atoms with Gasteiger partial charge in [0.2, 0.25) is 0 Å². The Morgan fingerprint density at radius 3 is 3.00 bits per heavy atom. The number of amides is 1. The first-order chi connectivity index (χ1) is 6.18. The first-order valence-corrected chi connectivity index (χ1v) is 4.74. The van der Waals surface area contributed by atoms with Crippen molar-refractivity contribution in [3.05, 3.63) is 33.5 Å². The molecule has 1 amide bonds. The molecule has 13 heavy (non-hydrogen) atoms. The second-order valence-electron chi connectivity index (χ2n) is 2.93. The standard InChI is InChI=1S/C9H7BrFNO/c10-7-4-6-5(3-8(7)11)1-2-12-9(6)13/h3-4H,1-2H2,(H,12,13). The van der Waals surface area contributed by atoms with Crippen LogP contribution in [0.4, 0.5) is 4.39 Å². The molecule has 0 saturated heterocycles. The van der Waals surface area contributed by atoms with Gasteiger partial charge in [0, 0.05) is 12.1 Å². The van der Waals surface area contributed by atoms with Crippen LogP contribution in [0.5, 0.6) is 0 Å². The van der Waals surface area contributed by atoms with E-state index in [2.05, 4.69) is 21.2 Å². The molecule has 2 rings (SSSR count). The summed E-state index contributed by atoms with van der Waals surface area (Å²) in [6.07, 6.45) is 0.700. The van der Waals surface area contributed by atoms with E-state index in [-0.39, 0.29) is 11.7 Å². The third-order valence-electron chi connectivity index (χ3n) is 2.07. The zero-order chi connectivity index (χ0) is 9.42. The molecule has 1 aromatic carbocycles. The summed E-state index contributed by atoms with van der Waals surface area (Å²) >= 11 is 3.05. The van der Waals surface area contributed by atoms with E-state index < -0.39 is 0 Å². The van der Waals surface area contributed by atoms with Crippen LogP contribution in [-0.4, -0.2) is 12.5 Å². The maximum atomic E-state index is 13.1. The molecule has 68 valence electrons. The molecule has 0 aliphatic carbocycles. The second-order valence-corrected chi connectivity index (χ2v) is 3.78. The van der Waals surface area contributed by atoms with Gasteiger partial charge in [0.1, 0.15) is 5.82 Å². The fraction of sp³-hybridized carbons (Fsp3) is 0.222. The molecule has 0 fully saturated rings. The van der Waals surface area contributed by atoms with Gasteiger partial charge in [-0.2, -0.15) is 0 Å². The van der Waals surface area contributed by atoms with Crippen LogP contribution >= 0.6 is 15.9 Å². The van der Waals surface area contributed by atoms with Crippen LogP contribution in [0.2, 0.25) is 0 Å². The average Bonchev–Trinajstić information content (AvgIpc) is 2.09. The lowest BCUT2D eigenvalue weighted by Crippen LogP contribution is -2.31. The molecule has 1 heterocycles. The van der Waals surface area contributed by atoms with Gasteiger partial charge in [-0.3, -0.25) is 4.79 Å². The lowest BCUT2D eigenvalue weighted by atomic mass is 10.0. The van der Waals surface area contributed by atoms with Crippen molar-refractivity contribution in [3.8, 4) is 0 Å². The van der Waals surface area contributed by atoms with Crippen molar-refractivity contribution < 1.29 is 9.18 Å². The third-order valence-corrected chi connectivity index (χ3v) is 2.68. The summed E-state index contributed by atoms with van der Waals surface area (Å²) in [5.41, 5.74) is 1.35. The smallest absolute Gasteiger partial charge is 0.251 e. The van der Waals surface area contributed by atoms with E-state index in [0.717, 1.165) is 5.56 Å². The topological polar surface area (TPSA) is 29.1 Å². The number of hydrogen-bond donors (Lipinski definition) is 1. The summed E-state index contributed by atoms with van der Waals surface area (Å²) < 4.78 is 13.4. The monoisotopic (exact) mass is 243 g/mol. The second kappa shape index (κ2) is 3.10. The Morgan fingerprint density at radius 2 is 2.23 bits per heavy atom. The molecule has 0 radical (unpaired) electrons. The number of benzene rings is 1.